The number of hydrogen-bond acceptors (Lipinski definition) is 4. The summed E-state index contributed by atoms with van der Waals surface area (Å²) < 4.78 is 5.47. The number of aromatic nitrogens is 2. The minimum atomic E-state index is 0.473. The Morgan fingerprint density at radius 2 is 1.59 bits per heavy atom. The Morgan fingerprint density at radius 3 is 2.03 bits per heavy atom. The molecule has 0 aliphatic rings. The SMILES string of the molecule is Cc1ccc(-c2ccc(Cl)cc2)o1.Cc1ccc(C#N)nc1.Cc1cccnc1. The average Bonchev–Trinajstić information content (AvgIpc) is 3.17. The monoisotopic (exact) mass is 403 g/mol. The van der Waals surface area contributed by atoms with E-state index in [9.17, 15) is 0 Å². The zero-order chi connectivity index (χ0) is 21.1. The summed E-state index contributed by atoms with van der Waals surface area (Å²) in [5.41, 5.74) is 3.81. The van der Waals surface area contributed by atoms with Crippen molar-refractivity contribution in [2.24, 2.45) is 0 Å². The Balaban J connectivity index is 0.000000164. The molecule has 4 nitrogen and oxygen atoms in total. The first-order chi connectivity index (χ1) is 14.0. The molecule has 0 radical (unpaired) electrons. The molecule has 3 heterocycles. The topological polar surface area (TPSA) is 62.7 Å². The van der Waals surface area contributed by atoms with Crippen molar-refractivity contribution in [2.45, 2.75) is 20.8 Å². The molecular weight excluding hydrogens is 382 g/mol. The summed E-state index contributed by atoms with van der Waals surface area (Å²) in [4.78, 5) is 7.72. The van der Waals surface area contributed by atoms with Gasteiger partial charge in [0, 0.05) is 29.2 Å². The van der Waals surface area contributed by atoms with E-state index in [-0.39, 0.29) is 0 Å². The van der Waals surface area contributed by atoms with Crippen LogP contribution in [0.15, 0.2) is 83.7 Å². The minimum Gasteiger partial charge on any atom is -0.461 e. The van der Waals surface area contributed by atoms with Gasteiger partial charge in [-0.05, 0) is 80.4 Å². The number of benzene rings is 1. The fourth-order valence-electron chi connectivity index (χ4n) is 2.19. The normalized spacial score (nSPS) is 9.34. The first-order valence-electron chi connectivity index (χ1n) is 8.99. The van der Waals surface area contributed by atoms with E-state index < -0.39 is 0 Å². The average molecular weight is 404 g/mol. The van der Waals surface area contributed by atoms with Gasteiger partial charge < -0.3 is 4.42 Å². The maximum atomic E-state index is 8.32. The van der Waals surface area contributed by atoms with Gasteiger partial charge in [0.05, 0.1) is 0 Å². The van der Waals surface area contributed by atoms with Crippen molar-refractivity contribution in [2.75, 3.05) is 0 Å². The molecule has 0 bridgehead atoms. The van der Waals surface area contributed by atoms with Crippen molar-refractivity contribution >= 4 is 11.6 Å². The Kier molecular flexibility index (Phi) is 8.62. The second-order valence-electron chi connectivity index (χ2n) is 6.28. The van der Waals surface area contributed by atoms with Gasteiger partial charge in [-0.2, -0.15) is 5.26 Å². The molecule has 0 saturated carbocycles. The molecule has 0 aliphatic heterocycles. The first-order valence-corrected chi connectivity index (χ1v) is 9.37. The van der Waals surface area contributed by atoms with Crippen LogP contribution < -0.4 is 0 Å². The molecule has 4 aromatic rings. The van der Waals surface area contributed by atoms with Crippen LogP contribution in [0.1, 0.15) is 22.6 Å². The van der Waals surface area contributed by atoms with Gasteiger partial charge in [-0.3, -0.25) is 4.98 Å². The van der Waals surface area contributed by atoms with E-state index >= 15 is 0 Å². The lowest BCUT2D eigenvalue weighted by Gasteiger charge is -1.95. The maximum absolute atomic E-state index is 8.32. The number of pyridine rings is 2. The number of hydrogen-bond donors (Lipinski definition) is 0. The summed E-state index contributed by atoms with van der Waals surface area (Å²) in [5, 5.41) is 9.06. The summed E-state index contributed by atoms with van der Waals surface area (Å²) in [6, 6.07) is 21.0. The van der Waals surface area contributed by atoms with Crippen molar-refractivity contribution in [3.63, 3.8) is 0 Å². The molecule has 0 saturated heterocycles. The van der Waals surface area contributed by atoms with Crippen LogP contribution in [0.2, 0.25) is 5.02 Å². The lowest BCUT2D eigenvalue weighted by Crippen LogP contribution is -1.80. The van der Waals surface area contributed by atoms with E-state index in [0.29, 0.717) is 5.69 Å². The van der Waals surface area contributed by atoms with Crippen LogP contribution in [-0.4, -0.2) is 9.97 Å². The van der Waals surface area contributed by atoms with E-state index in [1.807, 2.05) is 87.6 Å². The Bertz CT molecular complexity index is 1030. The highest BCUT2D eigenvalue weighted by Gasteiger charge is 2.01. The van der Waals surface area contributed by atoms with Crippen molar-refractivity contribution in [1.82, 2.24) is 9.97 Å². The van der Waals surface area contributed by atoms with E-state index in [1.165, 1.54) is 5.56 Å². The molecule has 3 aromatic heterocycles. The lowest BCUT2D eigenvalue weighted by molar-refractivity contribution is 0.548. The van der Waals surface area contributed by atoms with Crippen molar-refractivity contribution in [1.29, 1.82) is 5.26 Å². The molecule has 0 atom stereocenters. The molecule has 29 heavy (non-hydrogen) atoms. The van der Waals surface area contributed by atoms with Gasteiger partial charge in [-0.15, -0.1) is 0 Å². The molecule has 4 rings (SSSR count). The highest BCUT2D eigenvalue weighted by atomic mass is 35.5. The molecule has 1 aromatic carbocycles. The maximum Gasteiger partial charge on any atom is 0.140 e. The zero-order valence-electron chi connectivity index (χ0n) is 16.6. The summed E-state index contributed by atoms with van der Waals surface area (Å²) in [7, 11) is 0. The summed E-state index contributed by atoms with van der Waals surface area (Å²) in [6.45, 7) is 5.89. The van der Waals surface area contributed by atoms with E-state index in [2.05, 4.69) is 9.97 Å². The van der Waals surface area contributed by atoms with Gasteiger partial charge >= 0.3 is 0 Å². The Labute approximate surface area is 176 Å². The second-order valence-corrected chi connectivity index (χ2v) is 6.72. The van der Waals surface area contributed by atoms with Crippen LogP contribution in [0, 0.1) is 32.1 Å². The minimum absolute atomic E-state index is 0.473. The molecule has 0 aliphatic carbocycles. The third kappa shape index (κ3) is 8.00. The first kappa shape index (κ1) is 21.9. The summed E-state index contributed by atoms with van der Waals surface area (Å²) in [5.74, 6) is 1.80. The van der Waals surface area contributed by atoms with Crippen molar-refractivity contribution in [3.8, 4) is 17.4 Å². The number of halogens is 1. The van der Waals surface area contributed by atoms with Crippen LogP contribution in [0.3, 0.4) is 0 Å². The van der Waals surface area contributed by atoms with E-state index in [0.717, 1.165) is 27.7 Å². The lowest BCUT2D eigenvalue weighted by atomic mass is 10.2. The Morgan fingerprint density at radius 1 is 0.862 bits per heavy atom. The third-order valence-electron chi connectivity index (χ3n) is 3.70. The van der Waals surface area contributed by atoms with Gasteiger partial charge in [0.15, 0.2) is 0 Å². The van der Waals surface area contributed by atoms with Crippen LogP contribution in [0.5, 0.6) is 0 Å². The second kappa shape index (κ2) is 11.4. The highest BCUT2D eigenvalue weighted by Crippen LogP contribution is 2.23. The molecular formula is C24H22ClN3O. The van der Waals surface area contributed by atoms with Crippen LogP contribution >= 0.6 is 11.6 Å². The number of nitrogens with zero attached hydrogens (tertiary/aromatic N) is 3. The quantitative estimate of drug-likeness (QED) is 0.361. The van der Waals surface area contributed by atoms with Gasteiger partial charge in [-0.25, -0.2) is 4.98 Å². The fraction of sp³-hybridized carbons (Fsp3) is 0.125. The molecule has 0 N–H and O–H groups in total. The van der Waals surface area contributed by atoms with Gasteiger partial charge in [0.1, 0.15) is 23.3 Å². The van der Waals surface area contributed by atoms with Crippen LogP contribution in [0.4, 0.5) is 0 Å². The number of furan rings is 1. The van der Waals surface area contributed by atoms with Crippen LogP contribution in [-0.2, 0) is 0 Å². The standard InChI is InChI=1S/C11H9ClO.C7H6N2.C6H7N/c1-8-2-7-11(13-8)9-3-5-10(12)6-4-9;1-6-2-3-7(4-8)9-5-6;1-6-3-2-4-7-5-6/h2-7H,1H3;2-3,5H,1H3;2-5H,1H3. The third-order valence-corrected chi connectivity index (χ3v) is 3.96. The van der Waals surface area contributed by atoms with Crippen LogP contribution in [0.25, 0.3) is 11.3 Å². The zero-order valence-corrected chi connectivity index (χ0v) is 17.4. The molecule has 146 valence electrons. The molecule has 0 spiro atoms. The van der Waals surface area contributed by atoms with Crippen molar-refractivity contribution in [3.05, 3.63) is 107 Å². The molecule has 0 unspecified atom stereocenters. The van der Waals surface area contributed by atoms with Gasteiger partial charge in [0.25, 0.3) is 0 Å². The van der Waals surface area contributed by atoms with E-state index in [1.54, 1.807) is 18.5 Å². The Hall–Kier alpha value is -3.42. The predicted octanol–water partition coefficient (Wildman–Crippen LogP) is 6.56. The van der Waals surface area contributed by atoms with Gasteiger partial charge in [-0.1, -0.05) is 23.7 Å². The van der Waals surface area contributed by atoms with Gasteiger partial charge in [0.2, 0.25) is 0 Å². The number of aryl methyl sites for hydroxylation is 3. The fourth-order valence-corrected chi connectivity index (χ4v) is 2.31. The summed E-state index contributed by atoms with van der Waals surface area (Å²) >= 11 is 5.77. The number of nitriles is 1. The smallest absolute Gasteiger partial charge is 0.140 e. The molecule has 0 amide bonds. The molecule has 5 heteroatoms. The molecule has 0 fully saturated rings. The van der Waals surface area contributed by atoms with Crippen molar-refractivity contribution < 1.29 is 4.42 Å². The highest BCUT2D eigenvalue weighted by molar-refractivity contribution is 6.30. The predicted molar refractivity (Wildman–Crippen MR) is 117 cm³/mol. The summed E-state index contributed by atoms with van der Waals surface area (Å²) in [6.07, 6.45) is 5.28. The van der Waals surface area contributed by atoms with E-state index in [4.69, 9.17) is 21.3 Å². The number of rotatable bonds is 1. The largest absolute Gasteiger partial charge is 0.461 e.